The van der Waals surface area contributed by atoms with Crippen molar-refractivity contribution in [2.75, 3.05) is 19.6 Å². The van der Waals surface area contributed by atoms with Gasteiger partial charge in [-0.15, -0.1) is 12.4 Å². The molecule has 0 aliphatic carbocycles. The highest BCUT2D eigenvalue weighted by Crippen LogP contribution is 2.26. The molecule has 0 aromatic heterocycles. The number of amides is 1. The minimum Gasteiger partial charge on any atom is -0.355 e. The number of carbonyl (C=O) groups excluding carboxylic acids is 1. The van der Waals surface area contributed by atoms with Gasteiger partial charge in [0.1, 0.15) is 0 Å². The van der Waals surface area contributed by atoms with Crippen LogP contribution >= 0.6 is 28.3 Å². The molecule has 1 amide bonds. The molecular weight excluding hydrogens is 328 g/mol. The van der Waals surface area contributed by atoms with Crippen molar-refractivity contribution in [2.45, 2.75) is 19.3 Å². The van der Waals surface area contributed by atoms with E-state index in [0.29, 0.717) is 5.92 Å². The Labute approximate surface area is 129 Å². The number of carbonyl (C=O) groups is 1. The zero-order valence-electron chi connectivity index (χ0n) is 11.2. The Kier molecular flexibility index (Phi) is 5.83. The van der Waals surface area contributed by atoms with Gasteiger partial charge in [-0.3, -0.25) is 4.79 Å². The Morgan fingerprint density at radius 2 is 2.16 bits per heavy atom. The molecule has 0 saturated carbocycles. The Balaban J connectivity index is 0.00000180. The summed E-state index contributed by atoms with van der Waals surface area (Å²) >= 11 is 3.45. The maximum absolute atomic E-state index is 12.3. The van der Waals surface area contributed by atoms with Crippen molar-refractivity contribution in [3.05, 3.63) is 34.3 Å². The first-order chi connectivity index (χ1) is 8.50. The smallest absolute Gasteiger partial charge is 0.230 e. The molecule has 2 rings (SSSR count). The van der Waals surface area contributed by atoms with Gasteiger partial charge in [0.25, 0.3) is 0 Å². The van der Waals surface area contributed by atoms with Crippen LogP contribution < -0.4 is 10.6 Å². The summed E-state index contributed by atoms with van der Waals surface area (Å²) in [4.78, 5) is 12.3. The fourth-order valence-electron chi connectivity index (χ4n) is 1.96. The average molecular weight is 348 g/mol. The Bertz CT molecular complexity index is 447. The molecular formula is C14H20BrClN2O. The van der Waals surface area contributed by atoms with Crippen molar-refractivity contribution in [3.8, 4) is 0 Å². The molecule has 1 aliphatic heterocycles. The number of rotatable bonds is 4. The molecule has 0 atom stereocenters. The van der Waals surface area contributed by atoms with Gasteiger partial charge in [0.05, 0.1) is 5.41 Å². The molecule has 0 unspecified atom stereocenters. The maximum Gasteiger partial charge on any atom is 0.230 e. The third-order valence-corrected chi connectivity index (χ3v) is 4.02. The largest absolute Gasteiger partial charge is 0.355 e. The van der Waals surface area contributed by atoms with Crippen molar-refractivity contribution in [1.29, 1.82) is 0 Å². The molecule has 106 valence electrons. The number of benzene rings is 1. The van der Waals surface area contributed by atoms with Crippen LogP contribution in [0, 0.1) is 5.92 Å². The first-order valence-electron chi connectivity index (χ1n) is 6.25. The maximum atomic E-state index is 12.3. The van der Waals surface area contributed by atoms with Crippen LogP contribution in [0.5, 0.6) is 0 Å². The van der Waals surface area contributed by atoms with Crippen molar-refractivity contribution < 1.29 is 4.79 Å². The Hall–Kier alpha value is -0.580. The Morgan fingerprint density at radius 1 is 1.47 bits per heavy atom. The van der Waals surface area contributed by atoms with Crippen LogP contribution in [0.25, 0.3) is 0 Å². The van der Waals surface area contributed by atoms with Crippen LogP contribution in [0.4, 0.5) is 0 Å². The molecule has 0 bridgehead atoms. The highest BCUT2D eigenvalue weighted by molar-refractivity contribution is 9.10. The number of nitrogens with one attached hydrogen (secondary N) is 2. The van der Waals surface area contributed by atoms with Crippen LogP contribution in [0.3, 0.4) is 0 Å². The van der Waals surface area contributed by atoms with E-state index in [1.54, 1.807) is 0 Å². The SMILES string of the molecule is CC(C)(C(=O)NCC1CNC1)c1cccc(Br)c1.Cl. The molecule has 1 saturated heterocycles. The normalized spacial score (nSPS) is 15.3. The van der Waals surface area contributed by atoms with Gasteiger partial charge in [-0.25, -0.2) is 0 Å². The van der Waals surface area contributed by atoms with Gasteiger partial charge in [-0.2, -0.15) is 0 Å². The van der Waals surface area contributed by atoms with Gasteiger partial charge in [0.15, 0.2) is 0 Å². The molecule has 5 heteroatoms. The second-order valence-corrected chi connectivity index (χ2v) is 6.29. The molecule has 1 aliphatic rings. The summed E-state index contributed by atoms with van der Waals surface area (Å²) in [5, 5.41) is 6.25. The van der Waals surface area contributed by atoms with E-state index in [1.165, 1.54) is 0 Å². The lowest BCUT2D eigenvalue weighted by Crippen LogP contribution is -2.50. The minimum atomic E-state index is -0.499. The summed E-state index contributed by atoms with van der Waals surface area (Å²) in [7, 11) is 0. The van der Waals surface area contributed by atoms with Gasteiger partial charge in [0.2, 0.25) is 5.91 Å². The van der Waals surface area contributed by atoms with Crippen molar-refractivity contribution in [2.24, 2.45) is 5.92 Å². The second-order valence-electron chi connectivity index (χ2n) is 5.37. The van der Waals surface area contributed by atoms with E-state index < -0.39 is 5.41 Å². The lowest BCUT2D eigenvalue weighted by Gasteiger charge is -2.30. The topological polar surface area (TPSA) is 41.1 Å². The summed E-state index contributed by atoms with van der Waals surface area (Å²) in [6.07, 6.45) is 0. The van der Waals surface area contributed by atoms with Crippen molar-refractivity contribution >= 4 is 34.2 Å². The highest BCUT2D eigenvalue weighted by Gasteiger charge is 2.30. The van der Waals surface area contributed by atoms with Gasteiger partial charge in [-0.05, 0) is 31.5 Å². The van der Waals surface area contributed by atoms with E-state index in [1.807, 2.05) is 38.1 Å². The third-order valence-electron chi connectivity index (χ3n) is 3.53. The summed E-state index contributed by atoms with van der Waals surface area (Å²) in [5.41, 5.74) is 0.530. The third kappa shape index (κ3) is 3.94. The number of hydrogen-bond donors (Lipinski definition) is 2. The van der Waals surface area contributed by atoms with E-state index >= 15 is 0 Å². The quantitative estimate of drug-likeness (QED) is 0.878. The minimum absolute atomic E-state index is 0. The molecule has 2 N–H and O–H groups in total. The molecule has 0 spiro atoms. The number of halogens is 2. The number of hydrogen-bond acceptors (Lipinski definition) is 2. The fraction of sp³-hybridized carbons (Fsp3) is 0.500. The molecule has 1 fully saturated rings. The van der Waals surface area contributed by atoms with Crippen LogP contribution in [-0.2, 0) is 10.2 Å². The van der Waals surface area contributed by atoms with Gasteiger partial charge in [-0.1, -0.05) is 28.1 Å². The van der Waals surface area contributed by atoms with E-state index in [-0.39, 0.29) is 18.3 Å². The molecule has 3 nitrogen and oxygen atoms in total. The van der Waals surface area contributed by atoms with E-state index in [0.717, 1.165) is 29.7 Å². The zero-order chi connectivity index (χ0) is 13.2. The summed E-state index contributed by atoms with van der Waals surface area (Å²) in [5.74, 6) is 0.680. The summed E-state index contributed by atoms with van der Waals surface area (Å²) in [6, 6.07) is 7.93. The van der Waals surface area contributed by atoms with Crippen molar-refractivity contribution in [3.63, 3.8) is 0 Å². The van der Waals surface area contributed by atoms with Crippen molar-refractivity contribution in [1.82, 2.24) is 10.6 Å². The van der Waals surface area contributed by atoms with E-state index in [9.17, 15) is 4.79 Å². The first kappa shape index (κ1) is 16.5. The standard InChI is InChI=1S/C14H19BrN2O.ClH/c1-14(2,11-4-3-5-12(15)6-11)13(18)17-9-10-7-16-8-10;/h3-6,10,16H,7-9H2,1-2H3,(H,17,18);1H. The predicted molar refractivity (Wildman–Crippen MR) is 83.8 cm³/mol. The lowest BCUT2D eigenvalue weighted by atomic mass is 9.83. The molecule has 19 heavy (non-hydrogen) atoms. The van der Waals surface area contributed by atoms with Crippen LogP contribution in [0.15, 0.2) is 28.7 Å². The van der Waals surface area contributed by atoms with Crippen LogP contribution in [0.1, 0.15) is 19.4 Å². The van der Waals surface area contributed by atoms with Crippen LogP contribution in [-0.4, -0.2) is 25.5 Å². The lowest BCUT2D eigenvalue weighted by molar-refractivity contribution is -0.125. The van der Waals surface area contributed by atoms with E-state index in [4.69, 9.17) is 0 Å². The summed E-state index contributed by atoms with van der Waals surface area (Å²) in [6.45, 7) is 6.71. The molecule has 1 aromatic rings. The van der Waals surface area contributed by atoms with Gasteiger partial charge < -0.3 is 10.6 Å². The predicted octanol–water partition coefficient (Wildman–Crippen LogP) is 2.48. The zero-order valence-corrected chi connectivity index (χ0v) is 13.6. The molecule has 1 aromatic carbocycles. The highest BCUT2D eigenvalue weighted by atomic mass is 79.9. The van der Waals surface area contributed by atoms with E-state index in [2.05, 4.69) is 26.6 Å². The van der Waals surface area contributed by atoms with Gasteiger partial charge in [0, 0.05) is 30.0 Å². The van der Waals surface area contributed by atoms with Gasteiger partial charge >= 0.3 is 0 Å². The fourth-order valence-corrected chi connectivity index (χ4v) is 2.36. The molecule has 0 radical (unpaired) electrons. The second kappa shape index (κ2) is 6.73. The molecule has 1 heterocycles. The average Bonchev–Trinajstić information content (AvgIpc) is 2.26. The Morgan fingerprint density at radius 3 is 2.68 bits per heavy atom. The first-order valence-corrected chi connectivity index (χ1v) is 7.04. The van der Waals surface area contributed by atoms with Crippen LogP contribution in [0.2, 0.25) is 0 Å². The monoisotopic (exact) mass is 346 g/mol. The summed E-state index contributed by atoms with van der Waals surface area (Å²) < 4.78 is 1.00.